The summed E-state index contributed by atoms with van der Waals surface area (Å²) in [5, 5.41) is 4.07. The first kappa shape index (κ1) is 17.0. The molecule has 0 saturated carbocycles. The first-order valence-electron chi connectivity index (χ1n) is 9.03. The lowest BCUT2D eigenvalue weighted by atomic mass is 10.0. The Bertz CT molecular complexity index is 948. The Hall–Kier alpha value is -2.48. The van der Waals surface area contributed by atoms with E-state index in [1.165, 1.54) is 17.3 Å². The highest BCUT2D eigenvalue weighted by Gasteiger charge is 2.27. The fourth-order valence-electron chi connectivity index (χ4n) is 3.72. The van der Waals surface area contributed by atoms with Gasteiger partial charge in [-0.05, 0) is 12.0 Å². The minimum absolute atomic E-state index is 0.280. The highest BCUT2D eigenvalue weighted by atomic mass is 32.1. The third kappa shape index (κ3) is 2.94. The van der Waals surface area contributed by atoms with E-state index in [4.69, 9.17) is 5.73 Å². The second kappa shape index (κ2) is 7.03. The molecule has 3 aromatic heterocycles. The average molecular weight is 371 g/mol. The molecule has 8 heteroatoms. The molecule has 1 amide bonds. The van der Waals surface area contributed by atoms with Crippen molar-refractivity contribution in [2.45, 2.75) is 38.6 Å². The molecule has 4 rings (SSSR count). The van der Waals surface area contributed by atoms with Crippen molar-refractivity contribution in [3.8, 4) is 0 Å². The third-order valence-corrected chi connectivity index (χ3v) is 6.15. The summed E-state index contributed by atoms with van der Waals surface area (Å²) >= 11 is 1.62. The normalized spacial score (nSPS) is 15.7. The zero-order valence-corrected chi connectivity index (χ0v) is 15.6. The van der Waals surface area contributed by atoms with E-state index in [1.807, 2.05) is 0 Å². The molecule has 136 valence electrons. The standard InChI is InChI=1S/C18H22N6OS/c1-2-3-11-8-13(24-6-4-12(5-7-24)22-10-25)23-18-14(11)15-16(26-18)17(19)21-9-20-15/h8-10,12H,2-7H2,1H3,(H,22,25)(H2,19,20,21)/p+1. The van der Waals surface area contributed by atoms with E-state index in [9.17, 15) is 4.79 Å². The van der Waals surface area contributed by atoms with Crippen LogP contribution in [-0.2, 0) is 11.2 Å². The van der Waals surface area contributed by atoms with E-state index in [0.29, 0.717) is 5.82 Å². The number of amides is 1. The lowest BCUT2D eigenvalue weighted by Crippen LogP contribution is -2.43. The Balaban J connectivity index is 1.76. The monoisotopic (exact) mass is 371 g/mol. The van der Waals surface area contributed by atoms with Gasteiger partial charge in [-0.3, -0.25) is 9.69 Å². The summed E-state index contributed by atoms with van der Waals surface area (Å²) in [7, 11) is 0. The molecule has 0 bridgehead atoms. The fourth-order valence-corrected chi connectivity index (χ4v) is 4.82. The van der Waals surface area contributed by atoms with Crippen LogP contribution in [0.2, 0.25) is 0 Å². The van der Waals surface area contributed by atoms with Gasteiger partial charge in [0.05, 0.1) is 28.7 Å². The number of hydrogen-bond acceptors (Lipinski definition) is 6. The van der Waals surface area contributed by atoms with Crippen molar-refractivity contribution in [2.24, 2.45) is 0 Å². The predicted molar refractivity (Wildman–Crippen MR) is 104 cm³/mol. The molecule has 0 radical (unpaired) electrons. The number of aromatic nitrogens is 3. The minimum atomic E-state index is 0.280. The van der Waals surface area contributed by atoms with Gasteiger partial charge in [-0.1, -0.05) is 24.7 Å². The number of aryl methyl sites for hydroxylation is 1. The number of H-pyrrole nitrogens is 1. The number of carbonyl (C=O) groups is 1. The zero-order chi connectivity index (χ0) is 18.1. The second-order valence-corrected chi connectivity index (χ2v) is 7.74. The molecule has 4 heterocycles. The van der Waals surface area contributed by atoms with Crippen LogP contribution in [0.25, 0.3) is 20.4 Å². The Morgan fingerprint density at radius 2 is 2.23 bits per heavy atom. The number of anilines is 2. The number of carbonyl (C=O) groups excluding carboxylic acids is 1. The van der Waals surface area contributed by atoms with Crippen LogP contribution in [-0.4, -0.2) is 35.5 Å². The van der Waals surface area contributed by atoms with Gasteiger partial charge < -0.3 is 11.1 Å². The molecule has 1 aliphatic heterocycles. The maximum absolute atomic E-state index is 10.6. The average Bonchev–Trinajstić information content (AvgIpc) is 3.03. The first-order valence-corrected chi connectivity index (χ1v) is 9.85. The highest BCUT2D eigenvalue weighted by molar-refractivity contribution is 7.25. The van der Waals surface area contributed by atoms with Crippen molar-refractivity contribution in [1.82, 2.24) is 15.3 Å². The minimum Gasteiger partial charge on any atom is -0.382 e. The number of aromatic amines is 1. The molecule has 1 fully saturated rings. The number of rotatable bonds is 5. The van der Waals surface area contributed by atoms with Crippen LogP contribution < -0.4 is 20.9 Å². The van der Waals surface area contributed by atoms with Crippen molar-refractivity contribution < 1.29 is 9.78 Å². The van der Waals surface area contributed by atoms with Gasteiger partial charge in [0.15, 0.2) is 4.83 Å². The molecule has 0 aromatic carbocycles. The molecule has 1 aliphatic rings. The quantitative estimate of drug-likeness (QED) is 0.668. The lowest BCUT2D eigenvalue weighted by molar-refractivity contribution is -0.327. The zero-order valence-electron chi connectivity index (χ0n) is 14.8. The number of thiophene rings is 1. The molecule has 7 nitrogen and oxygen atoms in total. The molecule has 26 heavy (non-hydrogen) atoms. The molecule has 0 spiro atoms. The van der Waals surface area contributed by atoms with Crippen LogP contribution in [0.5, 0.6) is 0 Å². The van der Waals surface area contributed by atoms with E-state index in [1.54, 1.807) is 11.3 Å². The summed E-state index contributed by atoms with van der Waals surface area (Å²) in [4.78, 5) is 26.3. The summed E-state index contributed by atoms with van der Waals surface area (Å²) in [5.41, 5.74) is 8.31. The smallest absolute Gasteiger partial charge is 0.275 e. The van der Waals surface area contributed by atoms with E-state index in [2.05, 4.69) is 38.2 Å². The van der Waals surface area contributed by atoms with Crippen LogP contribution in [0.1, 0.15) is 31.7 Å². The van der Waals surface area contributed by atoms with Gasteiger partial charge in [-0.25, -0.2) is 15.0 Å². The predicted octanol–water partition coefficient (Wildman–Crippen LogP) is 1.91. The molecular formula is C18H23N6OS+. The maximum Gasteiger partial charge on any atom is 0.275 e. The molecular weight excluding hydrogens is 348 g/mol. The summed E-state index contributed by atoms with van der Waals surface area (Å²) in [6, 6.07) is 2.53. The van der Waals surface area contributed by atoms with Crippen LogP contribution in [0.15, 0.2) is 12.4 Å². The van der Waals surface area contributed by atoms with Crippen molar-refractivity contribution in [1.29, 1.82) is 0 Å². The van der Waals surface area contributed by atoms with Crippen LogP contribution in [0.4, 0.5) is 11.6 Å². The Kier molecular flexibility index (Phi) is 4.58. The van der Waals surface area contributed by atoms with E-state index < -0.39 is 0 Å². The number of nitrogen functional groups attached to an aromatic ring is 1. The number of nitrogens with zero attached hydrogens (tertiary/aromatic N) is 3. The number of nitrogens with two attached hydrogens (primary N) is 1. The van der Waals surface area contributed by atoms with E-state index in [-0.39, 0.29) is 6.04 Å². The van der Waals surface area contributed by atoms with Gasteiger partial charge in [0.1, 0.15) is 12.1 Å². The van der Waals surface area contributed by atoms with Crippen LogP contribution in [0.3, 0.4) is 0 Å². The third-order valence-electron chi connectivity index (χ3n) is 5.03. The molecule has 3 aromatic rings. The molecule has 1 saturated heterocycles. The highest BCUT2D eigenvalue weighted by Crippen LogP contribution is 2.36. The van der Waals surface area contributed by atoms with E-state index in [0.717, 1.165) is 66.0 Å². The summed E-state index contributed by atoms with van der Waals surface area (Å²) in [6.07, 6.45) is 6.33. The summed E-state index contributed by atoms with van der Waals surface area (Å²) in [6.45, 7) is 4.04. The molecule has 0 atom stereocenters. The number of nitrogens with one attached hydrogen (secondary N) is 2. The number of piperidine rings is 1. The number of hydrogen-bond donors (Lipinski definition) is 2. The Morgan fingerprint density at radius 1 is 1.42 bits per heavy atom. The second-order valence-electron chi connectivity index (χ2n) is 6.72. The van der Waals surface area contributed by atoms with Gasteiger partial charge in [0.25, 0.3) is 5.82 Å². The van der Waals surface area contributed by atoms with Gasteiger partial charge in [-0.15, -0.1) is 0 Å². The SMILES string of the molecule is CCCc1cc(N2CCC(NC=O)CC2)[nH+]c2sc3c(N)ncnc3c12. The van der Waals surface area contributed by atoms with Crippen molar-refractivity contribution in [2.75, 3.05) is 23.7 Å². The van der Waals surface area contributed by atoms with Gasteiger partial charge in [-0.2, -0.15) is 0 Å². The van der Waals surface area contributed by atoms with Crippen molar-refractivity contribution >= 4 is 49.8 Å². The molecule has 4 N–H and O–H groups in total. The molecule has 0 aliphatic carbocycles. The van der Waals surface area contributed by atoms with E-state index >= 15 is 0 Å². The first-order chi connectivity index (χ1) is 12.7. The summed E-state index contributed by atoms with van der Waals surface area (Å²) in [5.74, 6) is 1.66. The number of pyridine rings is 1. The maximum atomic E-state index is 10.6. The summed E-state index contributed by atoms with van der Waals surface area (Å²) < 4.78 is 0.946. The number of fused-ring (bicyclic) bond motifs is 3. The van der Waals surface area contributed by atoms with Crippen molar-refractivity contribution in [3.05, 3.63) is 18.0 Å². The largest absolute Gasteiger partial charge is 0.382 e. The van der Waals surface area contributed by atoms with Crippen molar-refractivity contribution in [3.63, 3.8) is 0 Å². The molecule has 0 unspecified atom stereocenters. The lowest BCUT2D eigenvalue weighted by Gasteiger charge is -2.27. The fraction of sp³-hybridized carbons (Fsp3) is 0.444. The Labute approximate surface area is 155 Å². The van der Waals surface area contributed by atoms with Crippen LogP contribution in [0, 0.1) is 0 Å². The topological polar surface area (TPSA) is 98.3 Å². The van der Waals surface area contributed by atoms with Gasteiger partial charge in [0.2, 0.25) is 6.41 Å². The Morgan fingerprint density at radius 3 is 2.96 bits per heavy atom. The van der Waals surface area contributed by atoms with Gasteiger partial charge >= 0.3 is 0 Å². The van der Waals surface area contributed by atoms with Crippen LogP contribution >= 0.6 is 11.3 Å². The van der Waals surface area contributed by atoms with Gasteiger partial charge in [0, 0.05) is 24.9 Å².